The van der Waals surface area contributed by atoms with E-state index in [1.807, 2.05) is 121 Å². The predicted molar refractivity (Wildman–Crippen MR) is 233 cm³/mol. The number of amides is 2. The number of hydrogen-bond acceptors (Lipinski definition) is 10. The zero-order valence-corrected chi connectivity index (χ0v) is 36.1. The van der Waals surface area contributed by atoms with Crippen molar-refractivity contribution < 1.29 is 55.9 Å². The van der Waals surface area contributed by atoms with E-state index in [9.17, 15) is 28.0 Å². The maximum absolute atomic E-state index is 14.5. The van der Waals surface area contributed by atoms with Crippen LogP contribution in [0.5, 0.6) is 0 Å². The van der Waals surface area contributed by atoms with E-state index in [-0.39, 0.29) is 44.5 Å². The Hall–Kier alpha value is -6.18. The standard InChI is InChI=1S/C52H47F3N2O9/c1-50-26-41(51(2,66-50)43-42(50)47(58)57(48(43)59)38-24-23-37(27-56)39(25-38)52(53,54)55)65-49-46(63-31-36-21-13-6-14-22-36)45(62-30-35-19-11-5-12-20-35)44(61-29-34-17-9-4-10-18-34)40(64-49)32-60-28-33-15-7-3-8-16-33/h3-26,40,42-46,49H,28-32H2,1-2H3/t40-,42?,43-,44-,45+,46-,49-,50?,51?/m1/s1. The lowest BCUT2D eigenvalue weighted by molar-refractivity contribution is -0.323. The van der Waals surface area contributed by atoms with Gasteiger partial charge in [0, 0.05) is 0 Å². The third-order valence-electron chi connectivity index (χ3n) is 12.6. The normalized spacial score (nSPS) is 28.0. The van der Waals surface area contributed by atoms with Crippen LogP contribution < -0.4 is 4.90 Å². The number of nitrogens with zero attached hydrogens (tertiary/aromatic N) is 2. The van der Waals surface area contributed by atoms with Crippen LogP contribution in [0.3, 0.4) is 0 Å². The van der Waals surface area contributed by atoms with Crippen LogP contribution in [-0.4, -0.2) is 60.3 Å². The minimum Gasteiger partial charge on any atom is -0.463 e. The molecule has 0 spiro atoms. The van der Waals surface area contributed by atoms with Crippen molar-refractivity contribution in [2.75, 3.05) is 11.5 Å². The second kappa shape index (κ2) is 18.6. The summed E-state index contributed by atoms with van der Waals surface area (Å²) in [4.78, 5) is 29.5. The van der Waals surface area contributed by atoms with Gasteiger partial charge in [0.25, 0.3) is 0 Å². The number of halogens is 3. The Balaban J connectivity index is 1.07. The van der Waals surface area contributed by atoms with Gasteiger partial charge in [-0.25, -0.2) is 4.90 Å². The average molecular weight is 901 g/mol. The maximum Gasteiger partial charge on any atom is 0.417 e. The van der Waals surface area contributed by atoms with Gasteiger partial charge in [0.15, 0.2) is 0 Å². The van der Waals surface area contributed by atoms with E-state index in [0.717, 1.165) is 33.2 Å². The zero-order chi connectivity index (χ0) is 46.1. The van der Waals surface area contributed by atoms with E-state index in [1.165, 1.54) is 6.07 Å². The molecule has 4 aliphatic rings. The largest absolute Gasteiger partial charge is 0.463 e. The van der Waals surface area contributed by atoms with Crippen LogP contribution in [0.4, 0.5) is 18.9 Å². The van der Waals surface area contributed by atoms with E-state index < -0.39 is 82.9 Å². The highest BCUT2D eigenvalue weighted by Gasteiger charge is 2.74. The highest BCUT2D eigenvalue weighted by Crippen LogP contribution is 2.61. The SMILES string of the molecule is CC12C=C(O[C@H]3O[C@H](COCc4ccccc4)[C@@H](OCc4ccccc4)[C@H](OCc4ccccc4)[C@H]3OCc3ccccc3)C(C)(O1)[C@H]1C(=O)N(c3ccc(C#N)c(C(F)(F)F)c3)C(=O)C12. The van der Waals surface area contributed by atoms with Crippen LogP contribution in [0.15, 0.2) is 151 Å². The molecule has 9 atom stereocenters. The average Bonchev–Trinajstić information content (AvgIpc) is 3.86. The summed E-state index contributed by atoms with van der Waals surface area (Å²) in [5.41, 5.74) is -1.55. The lowest BCUT2D eigenvalue weighted by Crippen LogP contribution is -2.62. The summed E-state index contributed by atoms with van der Waals surface area (Å²) in [6.45, 7) is 4.11. The molecule has 9 rings (SSSR count). The Kier molecular flexibility index (Phi) is 12.7. The summed E-state index contributed by atoms with van der Waals surface area (Å²) in [5, 5.41) is 9.41. The molecular formula is C52H47F3N2O9. The van der Waals surface area contributed by atoms with Crippen molar-refractivity contribution in [2.24, 2.45) is 11.8 Å². The first kappa shape index (κ1) is 45.0. The topological polar surface area (TPSA) is 126 Å². The molecule has 2 bridgehead atoms. The molecule has 3 fully saturated rings. The van der Waals surface area contributed by atoms with Crippen LogP contribution in [0, 0.1) is 23.2 Å². The first-order valence-corrected chi connectivity index (χ1v) is 21.7. The first-order valence-electron chi connectivity index (χ1n) is 21.7. The number of hydrogen-bond donors (Lipinski definition) is 0. The fourth-order valence-corrected chi connectivity index (χ4v) is 9.49. The van der Waals surface area contributed by atoms with Crippen molar-refractivity contribution >= 4 is 17.5 Å². The smallest absolute Gasteiger partial charge is 0.417 e. The number of nitriles is 1. The molecule has 5 aromatic carbocycles. The van der Waals surface area contributed by atoms with Gasteiger partial charge in [0.2, 0.25) is 18.1 Å². The van der Waals surface area contributed by atoms with Crippen LogP contribution in [0.25, 0.3) is 0 Å². The number of carbonyl (C=O) groups excluding carboxylic acids is 2. The molecule has 3 saturated heterocycles. The van der Waals surface area contributed by atoms with Crippen molar-refractivity contribution in [3.63, 3.8) is 0 Å². The number of carbonyl (C=O) groups is 2. The Morgan fingerprint density at radius 1 is 0.667 bits per heavy atom. The summed E-state index contributed by atoms with van der Waals surface area (Å²) in [7, 11) is 0. The Labute approximate surface area is 380 Å². The van der Waals surface area contributed by atoms with Gasteiger partial charge in [-0.3, -0.25) is 9.59 Å². The number of alkyl halides is 3. The Bertz CT molecular complexity index is 2590. The van der Waals surface area contributed by atoms with Crippen LogP contribution >= 0.6 is 0 Å². The molecule has 5 aromatic rings. The fraction of sp³-hybridized carbons (Fsp3) is 0.327. The molecular weight excluding hydrogens is 854 g/mol. The molecule has 0 aromatic heterocycles. The second-order valence-electron chi connectivity index (χ2n) is 17.2. The van der Waals surface area contributed by atoms with Crippen molar-refractivity contribution in [2.45, 2.75) is 88.4 Å². The molecule has 0 aliphatic carbocycles. The summed E-state index contributed by atoms with van der Waals surface area (Å²) >= 11 is 0. The molecule has 340 valence electrons. The van der Waals surface area contributed by atoms with Crippen LogP contribution in [0.2, 0.25) is 0 Å². The Morgan fingerprint density at radius 3 is 1.70 bits per heavy atom. The lowest BCUT2D eigenvalue weighted by atomic mass is 9.72. The maximum atomic E-state index is 14.5. The van der Waals surface area contributed by atoms with Crippen molar-refractivity contribution in [3.05, 3.63) is 185 Å². The summed E-state index contributed by atoms with van der Waals surface area (Å²) in [6, 6.07) is 43.0. The molecule has 66 heavy (non-hydrogen) atoms. The predicted octanol–water partition coefficient (Wildman–Crippen LogP) is 8.84. The number of fused-ring (bicyclic) bond motifs is 5. The van der Waals surface area contributed by atoms with E-state index in [1.54, 1.807) is 26.0 Å². The van der Waals surface area contributed by atoms with Gasteiger partial charge in [0.05, 0.1) is 67.8 Å². The van der Waals surface area contributed by atoms with Crippen LogP contribution in [-0.2, 0) is 75.4 Å². The molecule has 3 unspecified atom stereocenters. The molecule has 2 amide bonds. The van der Waals surface area contributed by atoms with E-state index in [2.05, 4.69) is 0 Å². The molecule has 4 heterocycles. The molecule has 14 heteroatoms. The Morgan fingerprint density at radius 2 is 1.17 bits per heavy atom. The van der Waals surface area contributed by atoms with Gasteiger partial charge in [0.1, 0.15) is 41.4 Å². The van der Waals surface area contributed by atoms with Gasteiger partial charge in [-0.15, -0.1) is 0 Å². The minimum atomic E-state index is -4.91. The van der Waals surface area contributed by atoms with Crippen molar-refractivity contribution in [1.29, 1.82) is 5.26 Å². The lowest BCUT2D eigenvalue weighted by Gasteiger charge is -2.46. The second-order valence-corrected chi connectivity index (χ2v) is 17.2. The van der Waals surface area contributed by atoms with Crippen molar-refractivity contribution in [1.82, 2.24) is 0 Å². The highest BCUT2D eigenvalue weighted by molar-refractivity contribution is 6.23. The van der Waals surface area contributed by atoms with E-state index >= 15 is 0 Å². The third kappa shape index (κ3) is 8.90. The number of anilines is 1. The van der Waals surface area contributed by atoms with Gasteiger partial charge < -0.3 is 33.2 Å². The molecule has 0 saturated carbocycles. The number of ether oxygens (including phenoxy) is 7. The number of imide groups is 1. The summed E-state index contributed by atoms with van der Waals surface area (Å²) in [5.74, 6) is -3.61. The minimum absolute atomic E-state index is 0.0481. The molecule has 4 aliphatic heterocycles. The highest BCUT2D eigenvalue weighted by atomic mass is 19.4. The number of rotatable bonds is 16. The van der Waals surface area contributed by atoms with Gasteiger partial charge >= 0.3 is 6.18 Å². The summed E-state index contributed by atoms with van der Waals surface area (Å²) in [6.07, 6.45) is -7.92. The zero-order valence-electron chi connectivity index (χ0n) is 36.1. The molecule has 0 radical (unpaired) electrons. The summed E-state index contributed by atoms with van der Waals surface area (Å²) < 4.78 is 89.4. The molecule has 11 nitrogen and oxygen atoms in total. The van der Waals surface area contributed by atoms with Gasteiger partial charge in [-0.1, -0.05) is 121 Å². The quantitative estimate of drug-likeness (QED) is 0.0888. The third-order valence-corrected chi connectivity index (χ3v) is 12.6. The van der Waals surface area contributed by atoms with Crippen LogP contribution in [0.1, 0.15) is 47.2 Å². The number of benzene rings is 5. The van der Waals surface area contributed by atoms with E-state index in [0.29, 0.717) is 6.07 Å². The molecule has 0 N–H and O–H groups in total. The monoisotopic (exact) mass is 900 g/mol. The van der Waals surface area contributed by atoms with Gasteiger partial charge in [-0.2, -0.15) is 18.4 Å². The van der Waals surface area contributed by atoms with Crippen molar-refractivity contribution in [3.8, 4) is 6.07 Å². The first-order chi connectivity index (χ1) is 31.9. The van der Waals surface area contributed by atoms with Gasteiger partial charge in [-0.05, 0) is 60.4 Å². The van der Waals surface area contributed by atoms with E-state index in [4.69, 9.17) is 33.2 Å². The fourth-order valence-electron chi connectivity index (χ4n) is 9.49.